The van der Waals surface area contributed by atoms with Gasteiger partial charge in [-0.25, -0.2) is 0 Å². The molecule has 0 heteroatoms. The van der Waals surface area contributed by atoms with Gasteiger partial charge in [0.05, 0.1) is 0 Å². The van der Waals surface area contributed by atoms with Crippen molar-refractivity contribution in [2.45, 2.75) is 19.3 Å². The van der Waals surface area contributed by atoms with Crippen molar-refractivity contribution in [3.05, 3.63) is 205 Å². The molecule has 0 saturated carbocycles. The van der Waals surface area contributed by atoms with Gasteiger partial charge >= 0.3 is 0 Å². The van der Waals surface area contributed by atoms with Crippen LogP contribution in [0.3, 0.4) is 0 Å². The van der Waals surface area contributed by atoms with Crippen molar-refractivity contribution in [2.75, 3.05) is 0 Å². The first-order valence-corrected chi connectivity index (χ1v) is 17.0. The van der Waals surface area contributed by atoms with Gasteiger partial charge in [-0.15, -0.1) is 0 Å². The fourth-order valence-corrected chi connectivity index (χ4v) is 7.50. The van der Waals surface area contributed by atoms with Crippen molar-refractivity contribution in [3.8, 4) is 33.4 Å². The third-order valence-corrected chi connectivity index (χ3v) is 10.2. The maximum absolute atomic E-state index is 4.25. The summed E-state index contributed by atoms with van der Waals surface area (Å²) >= 11 is 0. The van der Waals surface area contributed by atoms with Crippen molar-refractivity contribution >= 4 is 32.3 Å². The first kappa shape index (κ1) is 30.4. The van der Waals surface area contributed by atoms with Crippen LogP contribution in [0.1, 0.15) is 18.1 Å². The van der Waals surface area contributed by atoms with Crippen LogP contribution in [0.4, 0.5) is 0 Å². The molecule has 0 aromatic heterocycles. The van der Waals surface area contributed by atoms with Gasteiger partial charge in [0.15, 0.2) is 0 Å². The average molecular weight is 627 g/mol. The van der Waals surface area contributed by atoms with Crippen molar-refractivity contribution in [1.82, 2.24) is 0 Å². The fraction of sp³-hybridized carbons (Fsp3) is 0.0612. The van der Waals surface area contributed by atoms with Crippen LogP contribution < -0.4 is 0 Å². The number of fused-ring (bicyclic) bond motifs is 6. The fourth-order valence-electron chi connectivity index (χ4n) is 7.50. The van der Waals surface area contributed by atoms with Crippen molar-refractivity contribution < 1.29 is 0 Å². The summed E-state index contributed by atoms with van der Waals surface area (Å²) in [6.07, 6.45) is 12.5. The molecule has 1 aliphatic rings. The molecule has 1 atom stereocenters. The lowest BCUT2D eigenvalue weighted by molar-refractivity contribution is 0.768. The molecule has 0 aliphatic heterocycles. The molecule has 0 spiro atoms. The zero-order valence-corrected chi connectivity index (χ0v) is 28.1. The zero-order chi connectivity index (χ0) is 33.5. The number of benzene rings is 7. The van der Waals surface area contributed by atoms with Gasteiger partial charge in [-0.1, -0.05) is 165 Å². The van der Waals surface area contributed by atoms with Crippen LogP contribution in [-0.2, 0) is 5.41 Å². The molecule has 0 amide bonds. The van der Waals surface area contributed by atoms with E-state index >= 15 is 0 Å². The predicted octanol–water partition coefficient (Wildman–Crippen LogP) is 13.5. The molecule has 8 rings (SSSR count). The van der Waals surface area contributed by atoms with E-state index in [1.807, 2.05) is 12.2 Å². The topological polar surface area (TPSA) is 0 Å². The molecule has 0 N–H and O–H groups in total. The number of rotatable bonds is 7. The SMILES string of the molecule is C=C/C=C\C(=C)C1=C[C@](C)(c2cccc(-c3cccc(-c4ccc(-c5ccc6c7ccccc7c7ccccc7c6c5)cc4C)c3)c2)C=C1. The van der Waals surface area contributed by atoms with E-state index in [2.05, 4.69) is 179 Å². The Bertz CT molecular complexity index is 2520. The molecule has 1 aliphatic carbocycles. The summed E-state index contributed by atoms with van der Waals surface area (Å²) in [6, 6.07) is 49.3. The Balaban J connectivity index is 1.12. The van der Waals surface area contributed by atoms with Crippen molar-refractivity contribution in [1.29, 1.82) is 0 Å². The molecule has 0 radical (unpaired) electrons. The minimum Gasteiger partial charge on any atom is -0.0991 e. The average Bonchev–Trinajstić information content (AvgIpc) is 3.57. The van der Waals surface area contributed by atoms with E-state index in [0.29, 0.717) is 0 Å². The molecule has 0 nitrogen and oxygen atoms in total. The molecular formula is C49H38. The highest BCUT2D eigenvalue weighted by Gasteiger charge is 2.26. The summed E-state index contributed by atoms with van der Waals surface area (Å²) in [7, 11) is 0. The Morgan fingerprint density at radius 1 is 0.571 bits per heavy atom. The maximum Gasteiger partial charge on any atom is 0.0296 e. The van der Waals surface area contributed by atoms with Crippen LogP contribution in [0.15, 0.2) is 194 Å². The van der Waals surface area contributed by atoms with Crippen molar-refractivity contribution in [3.63, 3.8) is 0 Å². The normalized spacial score (nSPS) is 15.8. The van der Waals surface area contributed by atoms with Gasteiger partial charge in [0, 0.05) is 5.41 Å². The summed E-state index contributed by atoms with van der Waals surface area (Å²) in [4.78, 5) is 0. The van der Waals surface area contributed by atoms with E-state index in [4.69, 9.17) is 0 Å². The highest BCUT2D eigenvalue weighted by atomic mass is 14.3. The number of hydrogen-bond donors (Lipinski definition) is 0. The Morgan fingerprint density at radius 3 is 1.84 bits per heavy atom. The lowest BCUT2D eigenvalue weighted by Gasteiger charge is -2.21. The zero-order valence-electron chi connectivity index (χ0n) is 28.1. The largest absolute Gasteiger partial charge is 0.0991 e. The second-order valence-corrected chi connectivity index (χ2v) is 13.4. The summed E-state index contributed by atoms with van der Waals surface area (Å²) in [5.74, 6) is 0. The first-order chi connectivity index (χ1) is 23.9. The van der Waals surface area contributed by atoms with Crippen LogP contribution in [0, 0.1) is 6.92 Å². The van der Waals surface area contributed by atoms with E-state index in [1.165, 1.54) is 76.8 Å². The minimum absolute atomic E-state index is 0.192. The van der Waals surface area contributed by atoms with E-state index < -0.39 is 0 Å². The van der Waals surface area contributed by atoms with Crippen molar-refractivity contribution in [2.24, 2.45) is 0 Å². The molecular weight excluding hydrogens is 589 g/mol. The van der Waals surface area contributed by atoms with Gasteiger partial charge in [-0.05, 0) is 120 Å². The molecule has 0 saturated heterocycles. The molecule has 49 heavy (non-hydrogen) atoms. The highest BCUT2D eigenvalue weighted by Crippen LogP contribution is 2.40. The molecule has 7 aromatic carbocycles. The Morgan fingerprint density at radius 2 is 1.14 bits per heavy atom. The number of allylic oxidation sites excluding steroid dienone is 8. The summed E-state index contributed by atoms with van der Waals surface area (Å²) in [5, 5.41) is 7.81. The third kappa shape index (κ3) is 5.46. The molecule has 7 aromatic rings. The van der Waals surface area contributed by atoms with Gasteiger partial charge in [0.1, 0.15) is 0 Å². The molecule has 0 bridgehead atoms. The second kappa shape index (κ2) is 12.2. The van der Waals surface area contributed by atoms with Gasteiger partial charge in [-0.3, -0.25) is 0 Å². The van der Waals surface area contributed by atoms with Gasteiger partial charge < -0.3 is 0 Å². The predicted molar refractivity (Wildman–Crippen MR) is 213 cm³/mol. The molecule has 0 fully saturated rings. The van der Waals surface area contributed by atoms with Crippen LogP contribution in [-0.4, -0.2) is 0 Å². The van der Waals surface area contributed by atoms with Gasteiger partial charge in [0.2, 0.25) is 0 Å². The highest BCUT2D eigenvalue weighted by molar-refractivity contribution is 6.25. The van der Waals surface area contributed by atoms with E-state index in [-0.39, 0.29) is 5.41 Å². The van der Waals surface area contributed by atoms with Gasteiger partial charge in [-0.2, -0.15) is 0 Å². The third-order valence-electron chi connectivity index (χ3n) is 10.2. The van der Waals surface area contributed by atoms with Crippen LogP contribution in [0.2, 0.25) is 0 Å². The van der Waals surface area contributed by atoms with E-state index in [0.717, 1.165) is 11.1 Å². The molecule has 234 valence electrons. The Kier molecular flexibility index (Phi) is 7.58. The van der Waals surface area contributed by atoms with E-state index in [1.54, 1.807) is 6.08 Å². The molecule has 0 heterocycles. The van der Waals surface area contributed by atoms with Crippen LogP contribution >= 0.6 is 0 Å². The monoisotopic (exact) mass is 626 g/mol. The molecule has 0 unspecified atom stereocenters. The van der Waals surface area contributed by atoms with Crippen LogP contribution in [0.5, 0.6) is 0 Å². The smallest absolute Gasteiger partial charge is 0.0296 e. The number of aryl methyl sites for hydroxylation is 1. The van der Waals surface area contributed by atoms with E-state index in [9.17, 15) is 0 Å². The first-order valence-electron chi connectivity index (χ1n) is 17.0. The quantitative estimate of drug-likeness (QED) is 0.122. The second-order valence-electron chi connectivity index (χ2n) is 13.4. The summed E-state index contributed by atoms with van der Waals surface area (Å²) in [5.41, 5.74) is 11.9. The Labute approximate surface area is 289 Å². The lowest BCUT2D eigenvalue weighted by Crippen LogP contribution is -2.13. The maximum atomic E-state index is 4.25. The van der Waals surface area contributed by atoms with Crippen LogP contribution in [0.25, 0.3) is 65.7 Å². The Hall–Kier alpha value is -5.98. The number of hydrogen-bond acceptors (Lipinski definition) is 0. The standard InChI is InChI=1S/C49H38/c1-5-6-13-33(2)40-26-27-49(4,32-40)41-17-12-15-36(30-41)35-14-11-16-39(29-35)42-24-22-37(28-34(42)3)38-23-25-47-45-20-8-7-18-43(45)44-19-9-10-21-46(44)48(47)31-38/h5-32H,1-2H2,3-4H3/b13-6-/t49-/m1/s1. The summed E-state index contributed by atoms with van der Waals surface area (Å²) < 4.78 is 0. The van der Waals surface area contributed by atoms with Gasteiger partial charge in [0.25, 0.3) is 0 Å². The minimum atomic E-state index is -0.192. The summed E-state index contributed by atoms with van der Waals surface area (Å²) in [6.45, 7) is 12.5. The lowest BCUT2D eigenvalue weighted by atomic mass is 9.82.